The van der Waals surface area contributed by atoms with Crippen molar-refractivity contribution < 1.29 is 4.79 Å². The minimum absolute atomic E-state index is 0.184. The molecule has 2 rings (SSSR count). The number of benzene rings is 1. The van der Waals surface area contributed by atoms with Gasteiger partial charge in [0.1, 0.15) is 5.78 Å². The maximum absolute atomic E-state index is 12.4. The maximum atomic E-state index is 12.4. The average Bonchev–Trinajstić information content (AvgIpc) is 2.42. The van der Waals surface area contributed by atoms with Crippen LogP contribution in [0, 0.1) is 30.6 Å². The summed E-state index contributed by atoms with van der Waals surface area (Å²) >= 11 is 0. The second-order valence-electron chi connectivity index (χ2n) is 6.94. The fraction of sp³-hybridized carbons (Fsp3) is 0.632. The zero-order valence-electron chi connectivity index (χ0n) is 13.4. The summed E-state index contributed by atoms with van der Waals surface area (Å²) in [5.74, 6) is 2.51. The second kappa shape index (κ2) is 6.56. The van der Waals surface area contributed by atoms with Crippen molar-refractivity contribution in [1.29, 1.82) is 0 Å². The molecule has 0 amide bonds. The monoisotopic (exact) mass is 272 g/mol. The standard InChI is InChI=1S/C19H28O/c1-13-6-5-7-17(10-13)11-15(3)16(4)19(20)12-18-9-8-14(18)2/h5-7,10,14-16,18H,8-9,11-12H2,1-4H3. The van der Waals surface area contributed by atoms with Gasteiger partial charge >= 0.3 is 0 Å². The van der Waals surface area contributed by atoms with Gasteiger partial charge in [0.15, 0.2) is 0 Å². The number of ketones is 1. The molecule has 1 fully saturated rings. The van der Waals surface area contributed by atoms with Gasteiger partial charge in [-0.05, 0) is 43.1 Å². The van der Waals surface area contributed by atoms with Crippen LogP contribution in [-0.2, 0) is 11.2 Å². The average molecular weight is 272 g/mol. The van der Waals surface area contributed by atoms with E-state index in [4.69, 9.17) is 0 Å². The summed E-state index contributed by atoms with van der Waals surface area (Å²) in [5.41, 5.74) is 2.66. The van der Waals surface area contributed by atoms with E-state index in [2.05, 4.69) is 52.0 Å². The van der Waals surface area contributed by atoms with Gasteiger partial charge in [-0.25, -0.2) is 0 Å². The predicted octanol–water partition coefficient (Wildman–Crippen LogP) is 4.82. The molecule has 0 heterocycles. The summed E-state index contributed by atoms with van der Waals surface area (Å²) in [7, 11) is 0. The number of Topliss-reactive ketones (excluding diaryl/α,β-unsaturated/α-hetero) is 1. The molecule has 110 valence electrons. The molecule has 4 unspecified atom stereocenters. The Morgan fingerprint density at radius 3 is 2.60 bits per heavy atom. The Labute approximate surface area is 123 Å². The molecule has 0 N–H and O–H groups in total. The van der Waals surface area contributed by atoms with E-state index in [0.717, 1.165) is 18.8 Å². The lowest BCUT2D eigenvalue weighted by Crippen LogP contribution is -2.29. The van der Waals surface area contributed by atoms with Gasteiger partial charge in [-0.1, -0.05) is 57.0 Å². The molecule has 1 saturated carbocycles. The van der Waals surface area contributed by atoms with Crippen LogP contribution in [0.5, 0.6) is 0 Å². The summed E-state index contributed by atoms with van der Waals surface area (Å²) in [5, 5.41) is 0. The minimum Gasteiger partial charge on any atom is -0.299 e. The molecule has 1 heteroatoms. The van der Waals surface area contributed by atoms with Crippen molar-refractivity contribution in [2.45, 2.75) is 53.4 Å². The number of aryl methyl sites for hydroxylation is 1. The Morgan fingerprint density at radius 1 is 1.30 bits per heavy atom. The molecule has 0 aliphatic heterocycles. The molecule has 0 saturated heterocycles. The minimum atomic E-state index is 0.184. The first kappa shape index (κ1) is 15.3. The molecular weight excluding hydrogens is 244 g/mol. The van der Waals surface area contributed by atoms with Gasteiger partial charge in [0.25, 0.3) is 0 Å². The van der Waals surface area contributed by atoms with E-state index in [-0.39, 0.29) is 5.92 Å². The van der Waals surface area contributed by atoms with Crippen LogP contribution in [0.4, 0.5) is 0 Å². The van der Waals surface area contributed by atoms with Crippen LogP contribution in [0.3, 0.4) is 0 Å². The highest BCUT2D eigenvalue weighted by Crippen LogP contribution is 2.37. The highest BCUT2D eigenvalue weighted by Gasteiger charge is 2.31. The summed E-state index contributed by atoms with van der Waals surface area (Å²) < 4.78 is 0. The van der Waals surface area contributed by atoms with E-state index in [1.54, 1.807) is 0 Å². The lowest BCUT2D eigenvalue weighted by Gasteiger charge is -2.34. The Hall–Kier alpha value is -1.11. The lowest BCUT2D eigenvalue weighted by atomic mass is 9.70. The number of carbonyl (C=O) groups is 1. The fourth-order valence-corrected chi connectivity index (χ4v) is 3.19. The van der Waals surface area contributed by atoms with E-state index in [1.165, 1.54) is 24.0 Å². The topological polar surface area (TPSA) is 17.1 Å². The first-order chi connectivity index (χ1) is 9.47. The quantitative estimate of drug-likeness (QED) is 0.726. The first-order valence-electron chi connectivity index (χ1n) is 8.05. The van der Waals surface area contributed by atoms with Crippen molar-refractivity contribution in [2.75, 3.05) is 0 Å². The largest absolute Gasteiger partial charge is 0.299 e. The van der Waals surface area contributed by atoms with Gasteiger partial charge in [0, 0.05) is 12.3 Å². The highest BCUT2D eigenvalue weighted by molar-refractivity contribution is 5.81. The van der Waals surface area contributed by atoms with Crippen LogP contribution >= 0.6 is 0 Å². The molecule has 0 aromatic heterocycles. The molecule has 4 atom stereocenters. The predicted molar refractivity (Wildman–Crippen MR) is 84.7 cm³/mol. The molecule has 0 bridgehead atoms. The molecule has 0 radical (unpaired) electrons. The summed E-state index contributed by atoms with van der Waals surface area (Å²) in [6.07, 6.45) is 4.38. The van der Waals surface area contributed by atoms with Crippen molar-refractivity contribution in [2.24, 2.45) is 23.7 Å². The van der Waals surface area contributed by atoms with E-state index in [1.807, 2.05) is 0 Å². The molecular formula is C19H28O. The first-order valence-corrected chi connectivity index (χ1v) is 8.05. The lowest BCUT2D eigenvalue weighted by molar-refractivity contribution is -0.125. The van der Waals surface area contributed by atoms with Crippen molar-refractivity contribution >= 4 is 5.78 Å². The van der Waals surface area contributed by atoms with Gasteiger partial charge in [-0.3, -0.25) is 4.79 Å². The third-order valence-corrected chi connectivity index (χ3v) is 5.26. The highest BCUT2D eigenvalue weighted by atomic mass is 16.1. The molecule has 1 nitrogen and oxygen atoms in total. The van der Waals surface area contributed by atoms with Gasteiger partial charge in [-0.15, -0.1) is 0 Å². The number of carbonyl (C=O) groups excluding carboxylic acids is 1. The van der Waals surface area contributed by atoms with Crippen LogP contribution in [0.1, 0.15) is 51.2 Å². The zero-order chi connectivity index (χ0) is 14.7. The third kappa shape index (κ3) is 3.71. The molecule has 20 heavy (non-hydrogen) atoms. The van der Waals surface area contributed by atoms with E-state index in [0.29, 0.717) is 17.6 Å². The summed E-state index contributed by atoms with van der Waals surface area (Å²) in [6.45, 7) is 8.74. The number of hydrogen-bond donors (Lipinski definition) is 0. The van der Waals surface area contributed by atoms with Crippen molar-refractivity contribution in [1.82, 2.24) is 0 Å². The van der Waals surface area contributed by atoms with Gasteiger partial charge in [0.05, 0.1) is 0 Å². The second-order valence-corrected chi connectivity index (χ2v) is 6.94. The van der Waals surface area contributed by atoms with Crippen LogP contribution in [0.15, 0.2) is 24.3 Å². The maximum Gasteiger partial charge on any atom is 0.136 e. The Kier molecular flexibility index (Phi) is 5.01. The molecule has 1 aromatic carbocycles. The third-order valence-electron chi connectivity index (χ3n) is 5.26. The summed E-state index contributed by atoms with van der Waals surface area (Å²) in [6, 6.07) is 8.65. The Bertz CT molecular complexity index is 463. The Balaban J connectivity index is 1.87. The van der Waals surface area contributed by atoms with Gasteiger partial charge < -0.3 is 0 Å². The number of hydrogen-bond acceptors (Lipinski definition) is 1. The zero-order valence-corrected chi connectivity index (χ0v) is 13.4. The SMILES string of the molecule is Cc1cccc(CC(C)C(C)C(=O)CC2CCC2C)c1. The van der Waals surface area contributed by atoms with Crippen LogP contribution in [-0.4, -0.2) is 5.78 Å². The summed E-state index contributed by atoms with van der Waals surface area (Å²) in [4.78, 5) is 12.4. The van der Waals surface area contributed by atoms with Crippen molar-refractivity contribution in [3.8, 4) is 0 Å². The van der Waals surface area contributed by atoms with Crippen molar-refractivity contribution in [3.05, 3.63) is 35.4 Å². The van der Waals surface area contributed by atoms with Crippen molar-refractivity contribution in [3.63, 3.8) is 0 Å². The smallest absolute Gasteiger partial charge is 0.136 e. The van der Waals surface area contributed by atoms with E-state index < -0.39 is 0 Å². The number of rotatable bonds is 6. The molecule has 1 aromatic rings. The molecule has 1 aliphatic rings. The van der Waals surface area contributed by atoms with Crippen LogP contribution in [0.2, 0.25) is 0 Å². The van der Waals surface area contributed by atoms with Crippen LogP contribution in [0.25, 0.3) is 0 Å². The van der Waals surface area contributed by atoms with E-state index >= 15 is 0 Å². The molecule has 0 spiro atoms. The Morgan fingerprint density at radius 2 is 2.05 bits per heavy atom. The van der Waals surface area contributed by atoms with Crippen LogP contribution < -0.4 is 0 Å². The fourth-order valence-electron chi connectivity index (χ4n) is 3.19. The van der Waals surface area contributed by atoms with Gasteiger partial charge in [-0.2, -0.15) is 0 Å². The van der Waals surface area contributed by atoms with E-state index in [9.17, 15) is 4.79 Å². The van der Waals surface area contributed by atoms with Gasteiger partial charge in [0.2, 0.25) is 0 Å². The normalized spacial score (nSPS) is 24.8. The molecule has 1 aliphatic carbocycles.